The molecule has 0 aromatic heterocycles. The molecule has 0 saturated heterocycles. The predicted molar refractivity (Wildman–Crippen MR) is 78.2 cm³/mol. The van der Waals surface area contributed by atoms with Gasteiger partial charge in [0.25, 0.3) is 0 Å². The van der Waals surface area contributed by atoms with Gasteiger partial charge in [-0.25, -0.2) is 4.39 Å². The van der Waals surface area contributed by atoms with Gasteiger partial charge >= 0.3 is 0 Å². The molecule has 0 aliphatic carbocycles. The lowest BCUT2D eigenvalue weighted by Gasteiger charge is -2.07. The lowest BCUT2D eigenvalue weighted by molar-refractivity contribution is -0.123. The van der Waals surface area contributed by atoms with Crippen molar-refractivity contribution in [2.45, 2.75) is 6.42 Å². The Balaban J connectivity index is 1.79. The zero-order valence-corrected chi connectivity index (χ0v) is 11.3. The van der Waals surface area contributed by atoms with Crippen molar-refractivity contribution in [3.8, 4) is 0 Å². The maximum atomic E-state index is 13.4. The van der Waals surface area contributed by atoms with Crippen molar-refractivity contribution in [2.75, 3.05) is 11.9 Å². The molecule has 0 unspecified atom stereocenters. The van der Waals surface area contributed by atoms with Crippen LogP contribution >= 0.6 is 0 Å². The fourth-order valence-corrected chi connectivity index (χ4v) is 1.78. The highest BCUT2D eigenvalue weighted by Gasteiger charge is 2.09. The van der Waals surface area contributed by atoms with E-state index < -0.39 is 11.7 Å². The van der Waals surface area contributed by atoms with Gasteiger partial charge in [0.1, 0.15) is 5.82 Å². The van der Waals surface area contributed by atoms with Gasteiger partial charge in [0.15, 0.2) is 0 Å². The molecule has 2 aromatic rings. The minimum atomic E-state index is -0.429. The van der Waals surface area contributed by atoms with Gasteiger partial charge in [0.2, 0.25) is 11.8 Å². The van der Waals surface area contributed by atoms with Gasteiger partial charge in [0, 0.05) is 5.69 Å². The molecular weight excluding hydrogens is 271 g/mol. The quantitative estimate of drug-likeness (QED) is 0.884. The van der Waals surface area contributed by atoms with E-state index in [1.165, 1.54) is 6.07 Å². The van der Waals surface area contributed by atoms with Crippen molar-refractivity contribution < 1.29 is 14.0 Å². The predicted octanol–water partition coefficient (Wildman–Crippen LogP) is 2.12. The minimum Gasteiger partial charge on any atom is -0.347 e. The van der Waals surface area contributed by atoms with E-state index in [1.807, 2.05) is 6.07 Å². The van der Waals surface area contributed by atoms with Gasteiger partial charge < -0.3 is 10.6 Å². The average molecular weight is 286 g/mol. The fourth-order valence-electron chi connectivity index (χ4n) is 1.78. The van der Waals surface area contributed by atoms with Gasteiger partial charge in [0.05, 0.1) is 13.0 Å². The molecular formula is C16H15FN2O2. The van der Waals surface area contributed by atoms with E-state index in [0.29, 0.717) is 11.3 Å². The number of halogens is 1. The summed E-state index contributed by atoms with van der Waals surface area (Å²) in [6, 6.07) is 15.0. The summed E-state index contributed by atoms with van der Waals surface area (Å²) >= 11 is 0. The Morgan fingerprint density at radius 3 is 2.29 bits per heavy atom. The topological polar surface area (TPSA) is 58.2 Å². The molecule has 5 heteroatoms. The van der Waals surface area contributed by atoms with Crippen molar-refractivity contribution in [1.82, 2.24) is 5.32 Å². The van der Waals surface area contributed by atoms with Crippen LogP contribution in [0.1, 0.15) is 5.56 Å². The monoisotopic (exact) mass is 286 g/mol. The first-order chi connectivity index (χ1) is 10.1. The third-order valence-corrected chi connectivity index (χ3v) is 2.81. The summed E-state index contributed by atoms with van der Waals surface area (Å²) in [6.45, 7) is -0.151. The third-order valence-electron chi connectivity index (χ3n) is 2.81. The largest absolute Gasteiger partial charge is 0.347 e. The Morgan fingerprint density at radius 1 is 0.905 bits per heavy atom. The van der Waals surface area contributed by atoms with E-state index in [1.54, 1.807) is 42.5 Å². The molecule has 0 spiro atoms. The highest BCUT2D eigenvalue weighted by atomic mass is 19.1. The zero-order valence-electron chi connectivity index (χ0n) is 11.3. The number of carbonyl (C=O) groups excluding carboxylic acids is 2. The van der Waals surface area contributed by atoms with Gasteiger partial charge in [-0.3, -0.25) is 9.59 Å². The van der Waals surface area contributed by atoms with Crippen molar-refractivity contribution in [3.63, 3.8) is 0 Å². The molecule has 21 heavy (non-hydrogen) atoms. The highest BCUT2D eigenvalue weighted by molar-refractivity contribution is 5.94. The van der Waals surface area contributed by atoms with Gasteiger partial charge in [-0.15, -0.1) is 0 Å². The van der Waals surface area contributed by atoms with Crippen LogP contribution in [0.2, 0.25) is 0 Å². The Labute approximate surface area is 122 Å². The summed E-state index contributed by atoms with van der Waals surface area (Å²) in [7, 11) is 0. The molecule has 0 fully saturated rings. The SMILES string of the molecule is O=C(Cc1ccccc1F)NCC(=O)Nc1ccccc1. The van der Waals surface area contributed by atoms with Crippen LogP contribution in [0.5, 0.6) is 0 Å². The molecule has 0 heterocycles. The number of hydrogen-bond acceptors (Lipinski definition) is 2. The van der Waals surface area contributed by atoms with Crippen LogP contribution in [0.25, 0.3) is 0 Å². The Morgan fingerprint density at radius 2 is 1.57 bits per heavy atom. The zero-order chi connectivity index (χ0) is 15.1. The van der Waals surface area contributed by atoms with Crippen LogP contribution < -0.4 is 10.6 Å². The molecule has 0 atom stereocenters. The van der Waals surface area contributed by atoms with E-state index >= 15 is 0 Å². The summed E-state index contributed by atoms with van der Waals surface area (Å²) in [5, 5.41) is 5.11. The second-order valence-corrected chi connectivity index (χ2v) is 4.46. The van der Waals surface area contributed by atoms with Crippen molar-refractivity contribution in [2.24, 2.45) is 0 Å². The molecule has 2 N–H and O–H groups in total. The van der Waals surface area contributed by atoms with E-state index in [2.05, 4.69) is 10.6 Å². The highest BCUT2D eigenvalue weighted by Crippen LogP contribution is 2.07. The Kier molecular flexibility index (Phi) is 5.04. The number of para-hydroxylation sites is 1. The summed E-state index contributed by atoms with van der Waals surface area (Å²) in [4.78, 5) is 23.3. The van der Waals surface area contributed by atoms with E-state index in [9.17, 15) is 14.0 Å². The summed E-state index contributed by atoms with van der Waals surface area (Å²) in [6.07, 6.45) is -0.0920. The normalized spacial score (nSPS) is 9.95. The maximum absolute atomic E-state index is 13.4. The molecule has 2 rings (SSSR count). The lowest BCUT2D eigenvalue weighted by Crippen LogP contribution is -2.33. The van der Waals surface area contributed by atoms with Crippen LogP contribution in [-0.4, -0.2) is 18.4 Å². The van der Waals surface area contributed by atoms with Gasteiger partial charge in [-0.1, -0.05) is 36.4 Å². The number of anilines is 1. The van der Waals surface area contributed by atoms with Crippen LogP contribution in [-0.2, 0) is 16.0 Å². The number of carbonyl (C=O) groups is 2. The standard InChI is InChI=1S/C16H15FN2O2/c17-14-9-5-4-6-12(14)10-15(20)18-11-16(21)19-13-7-2-1-3-8-13/h1-9H,10-11H2,(H,18,20)(H,19,21). The van der Waals surface area contributed by atoms with Gasteiger partial charge in [-0.2, -0.15) is 0 Å². The molecule has 0 aliphatic heterocycles. The maximum Gasteiger partial charge on any atom is 0.243 e. The number of nitrogens with one attached hydrogen (secondary N) is 2. The molecule has 0 radical (unpaired) electrons. The van der Waals surface area contributed by atoms with Crippen molar-refractivity contribution in [1.29, 1.82) is 0 Å². The summed E-state index contributed by atoms with van der Waals surface area (Å²) in [5.41, 5.74) is 0.962. The molecule has 2 amide bonds. The number of hydrogen-bond donors (Lipinski definition) is 2. The first kappa shape index (κ1) is 14.7. The average Bonchev–Trinajstić information content (AvgIpc) is 2.49. The first-order valence-corrected chi connectivity index (χ1v) is 6.50. The van der Waals surface area contributed by atoms with Gasteiger partial charge in [-0.05, 0) is 23.8 Å². The van der Waals surface area contributed by atoms with Crippen LogP contribution in [0, 0.1) is 5.82 Å². The van der Waals surface area contributed by atoms with Crippen molar-refractivity contribution >= 4 is 17.5 Å². The second-order valence-electron chi connectivity index (χ2n) is 4.46. The molecule has 0 aliphatic rings. The molecule has 0 saturated carbocycles. The summed E-state index contributed by atoms with van der Waals surface area (Å²) < 4.78 is 13.4. The van der Waals surface area contributed by atoms with E-state index in [4.69, 9.17) is 0 Å². The molecule has 0 bridgehead atoms. The second kappa shape index (κ2) is 7.19. The Bertz CT molecular complexity index is 629. The smallest absolute Gasteiger partial charge is 0.243 e. The number of rotatable bonds is 5. The van der Waals surface area contributed by atoms with E-state index in [-0.39, 0.29) is 18.9 Å². The fraction of sp³-hybridized carbons (Fsp3) is 0.125. The van der Waals surface area contributed by atoms with Crippen LogP contribution in [0.3, 0.4) is 0 Å². The minimum absolute atomic E-state index is 0.0920. The van der Waals surface area contributed by atoms with Crippen molar-refractivity contribution in [3.05, 3.63) is 66.0 Å². The van der Waals surface area contributed by atoms with Crippen LogP contribution in [0.4, 0.5) is 10.1 Å². The molecule has 108 valence electrons. The van der Waals surface area contributed by atoms with E-state index in [0.717, 1.165) is 0 Å². The molecule has 4 nitrogen and oxygen atoms in total. The van der Waals surface area contributed by atoms with Crippen LogP contribution in [0.15, 0.2) is 54.6 Å². The number of amides is 2. The number of benzene rings is 2. The third kappa shape index (κ3) is 4.72. The molecule has 2 aromatic carbocycles. The summed E-state index contributed by atoms with van der Waals surface area (Å²) in [5.74, 6) is -1.16. The Hall–Kier alpha value is -2.69. The first-order valence-electron chi connectivity index (χ1n) is 6.50. The lowest BCUT2D eigenvalue weighted by atomic mass is 10.1.